The highest BCUT2D eigenvalue weighted by molar-refractivity contribution is 5.93. The molecule has 0 unspecified atom stereocenters. The van der Waals surface area contributed by atoms with Crippen molar-refractivity contribution in [1.82, 2.24) is 16.0 Å². The van der Waals surface area contributed by atoms with Gasteiger partial charge in [0, 0.05) is 0 Å². The zero-order valence-corrected chi connectivity index (χ0v) is 17.5. The normalized spacial score (nSPS) is 13.4. The molecule has 1 rings (SSSR count). The topological polar surface area (TPSA) is 171 Å². The molecule has 31 heavy (non-hydrogen) atoms. The van der Waals surface area contributed by atoms with Gasteiger partial charge in [-0.15, -0.1) is 0 Å². The summed E-state index contributed by atoms with van der Waals surface area (Å²) in [7, 11) is 0. The molecule has 0 aliphatic heterocycles. The molecule has 5 N–H and O–H groups in total. The van der Waals surface area contributed by atoms with Gasteiger partial charge in [-0.1, -0.05) is 44.2 Å². The molecule has 0 radical (unpaired) electrons. The SMILES string of the molecule is CC(C)[C@H](NC(=O)[C@@H](C)NC(=O)OCc1ccccc1)C(=O)N[C@@H](CC(=O)O)C(=O)O. The molecule has 0 saturated heterocycles. The number of carboxylic acids is 2. The predicted molar refractivity (Wildman–Crippen MR) is 108 cm³/mol. The third-order valence-corrected chi connectivity index (χ3v) is 4.18. The van der Waals surface area contributed by atoms with E-state index < -0.39 is 60.3 Å². The van der Waals surface area contributed by atoms with Crippen LogP contribution < -0.4 is 16.0 Å². The highest BCUT2D eigenvalue weighted by Crippen LogP contribution is 2.05. The van der Waals surface area contributed by atoms with Gasteiger partial charge in [0.05, 0.1) is 6.42 Å². The summed E-state index contributed by atoms with van der Waals surface area (Å²) in [5.41, 5.74) is 0.764. The Balaban J connectivity index is 2.64. The van der Waals surface area contributed by atoms with E-state index in [1.807, 2.05) is 6.07 Å². The van der Waals surface area contributed by atoms with E-state index in [0.29, 0.717) is 0 Å². The van der Waals surface area contributed by atoms with E-state index in [1.165, 1.54) is 6.92 Å². The van der Waals surface area contributed by atoms with Crippen molar-refractivity contribution in [2.75, 3.05) is 0 Å². The molecule has 1 aromatic carbocycles. The Morgan fingerprint density at radius 1 is 0.903 bits per heavy atom. The molecule has 0 spiro atoms. The van der Waals surface area contributed by atoms with Gasteiger partial charge in [-0.25, -0.2) is 9.59 Å². The van der Waals surface area contributed by atoms with E-state index in [2.05, 4.69) is 16.0 Å². The summed E-state index contributed by atoms with van der Waals surface area (Å²) in [6.07, 6.45) is -1.64. The standard InChI is InChI=1S/C20H27N3O8/c1-11(2)16(18(27)22-14(19(28)29)9-15(24)25)23-17(26)12(3)21-20(30)31-10-13-7-5-4-6-8-13/h4-8,11-12,14,16H,9-10H2,1-3H3,(H,21,30)(H,22,27)(H,23,26)(H,24,25)(H,28,29)/t12-,14+,16+/m1/s1. The van der Waals surface area contributed by atoms with Crippen LogP contribution >= 0.6 is 0 Å². The van der Waals surface area contributed by atoms with Crippen LogP contribution in [-0.4, -0.2) is 58.2 Å². The van der Waals surface area contributed by atoms with Crippen LogP contribution in [0.2, 0.25) is 0 Å². The molecular weight excluding hydrogens is 410 g/mol. The number of hydrogen-bond donors (Lipinski definition) is 5. The van der Waals surface area contributed by atoms with Crippen LogP contribution in [0.15, 0.2) is 30.3 Å². The van der Waals surface area contributed by atoms with E-state index in [9.17, 15) is 24.0 Å². The lowest BCUT2D eigenvalue weighted by atomic mass is 10.0. The smallest absolute Gasteiger partial charge is 0.408 e. The van der Waals surface area contributed by atoms with E-state index in [-0.39, 0.29) is 6.61 Å². The van der Waals surface area contributed by atoms with Crippen molar-refractivity contribution < 1.29 is 38.9 Å². The summed E-state index contributed by atoms with van der Waals surface area (Å²) in [6.45, 7) is 4.63. The van der Waals surface area contributed by atoms with Crippen LogP contribution in [0.4, 0.5) is 4.79 Å². The van der Waals surface area contributed by atoms with Crippen molar-refractivity contribution in [3.05, 3.63) is 35.9 Å². The summed E-state index contributed by atoms with van der Waals surface area (Å²) in [5, 5.41) is 24.7. The lowest BCUT2D eigenvalue weighted by Gasteiger charge is -2.25. The van der Waals surface area contributed by atoms with Crippen LogP contribution in [-0.2, 0) is 30.5 Å². The number of aliphatic carboxylic acids is 2. The van der Waals surface area contributed by atoms with Gasteiger partial charge in [0.15, 0.2) is 0 Å². The second-order valence-electron chi connectivity index (χ2n) is 7.16. The third-order valence-electron chi connectivity index (χ3n) is 4.18. The Bertz CT molecular complexity index is 797. The van der Waals surface area contributed by atoms with Crippen molar-refractivity contribution in [3.63, 3.8) is 0 Å². The first kappa shape index (κ1) is 25.4. The van der Waals surface area contributed by atoms with Gasteiger partial charge in [0.2, 0.25) is 11.8 Å². The molecule has 0 fully saturated rings. The Morgan fingerprint density at radius 3 is 2.03 bits per heavy atom. The fraction of sp³-hybridized carbons (Fsp3) is 0.450. The maximum Gasteiger partial charge on any atom is 0.408 e. The number of carbonyl (C=O) groups is 5. The van der Waals surface area contributed by atoms with Crippen LogP contribution in [0.1, 0.15) is 32.8 Å². The van der Waals surface area contributed by atoms with Crippen LogP contribution in [0.5, 0.6) is 0 Å². The van der Waals surface area contributed by atoms with Gasteiger partial charge in [0.1, 0.15) is 24.7 Å². The first-order chi connectivity index (χ1) is 14.5. The molecule has 0 heterocycles. The van der Waals surface area contributed by atoms with Crippen molar-refractivity contribution in [1.29, 1.82) is 0 Å². The number of carbonyl (C=O) groups excluding carboxylic acids is 3. The maximum absolute atomic E-state index is 12.4. The largest absolute Gasteiger partial charge is 0.481 e. The maximum atomic E-state index is 12.4. The predicted octanol–water partition coefficient (Wildman–Crippen LogP) is 0.486. The fourth-order valence-corrected chi connectivity index (χ4v) is 2.46. The highest BCUT2D eigenvalue weighted by atomic mass is 16.5. The van der Waals surface area contributed by atoms with Crippen molar-refractivity contribution >= 4 is 29.8 Å². The molecule has 11 nitrogen and oxygen atoms in total. The van der Waals surface area contributed by atoms with E-state index >= 15 is 0 Å². The average molecular weight is 437 g/mol. The summed E-state index contributed by atoms with van der Waals surface area (Å²) < 4.78 is 5.03. The minimum Gasteiger partial charge on any atom is -0.481 e. The number of carboxylic acid groups (broad SMARTS) is 2. The Kier molecular flexibility index (Phi) is 9.96. The summed E-state index contributed by atoms with van der Waals surface area (Å²) in [5.74, 6) is -4.91. The first-order valence-corrected chi connectivity index (χ1v) is 9.53. The lowest BCUT2D eigenvalue weighted by Crippen LogP contribution is -2.57. The molecule has 0 aliphatic carbocycles. The minimum absolute atomic E-state index is 0.0121. The molecule has 0 aromatic heterocycles. The van der Waals surface area contributed by atoms with Crippen molar-refractivity contribution in [3.8, 4) is 0 Å². The number of benzene rings is 1. The first-order valence-electron chi connectivity index (χ1n) is 9.53. The Morgan fingerprint density at radius 2 is 1.52 bits per heavy atom. The quantitative estimate of drug-likeness (QED) is 0.333. The average Bonchev–Trinajstić information content (AvgIpc) is 2.69. The van der Waals surface area contributed by atoms with Gasteiger partial charge in [-0.2, -0.15) is 0 Å². The van der Waals surface area contributed by atoms with E-state index in [1.54, 1.807) is 38.1 Å². The molecule has 1 aromatic rings. The molecule has 170 valence electrons. The fourth-order valence-electron chi connectivity index (χ4n) is 2.46. The molecule has 11 heteroatoms. The minimum atomic E-state index is -1.65. The highest BCUT2D eigenvalue weighted by Gasteiger charge is 2.31. The molecular formula is C20H27N3O8. The molecule has 3 atom stereocenters. The number of nitrogens with one attached hydrogen (secondary N) is 3. The monoisotopic (exact) mass is 437 g/mol. The number of amides is 3. The third kappa shape index (κ3) is 9.15. The molecule has 3 amide bonds. The van der Waals surface area contributed by atoms with Gasteiger partial charge in [-0.05, 0) is 18.4 Å². The van der Waals surface area contributed by atoms with Crippen LogP contribution in [0.25, 0.3) is 0 Å². The Labute approximate surface area is 179 Å². The molecule has 0 saturated carbocycles. The van der Waals surface area contributed by atoms with Crippen LogP contribution in [0.3, 0.4) is 0 Å². The van der Waals surface area contributed by atoms with Gasteiger partial charge in [-0.3, -0.25) is 14.4 Å². The number of hydrogen-bond acceptors (Lipinski definition) is 6. The van der Waals surface area contributed by atoms with E-state index in [4.69, 9.17) is 14.9 Å². The van der Waals surface area contributed by atoms with Crippen molar-refractivity contribution in [2.45, 2.75) is 51.9 Å². The summed E-state index contributed by atoms with van der Waals surface area (Å²) in [6, 6.07) is 5.08. The lowest BCUT2D eigenvalue weighted by molar-refractivity contribution is -0.147. The number of alkyl carbamates (subject to hydrolysis) is 1. The molecule has 0 bridgehead atoms. The summed E-state index contributed by atoms with van der Waals surface area (Å²) in [4.78, 5) is 58.6. The van der Waals surface area contributed by atoms with Gasteiger partial charge in [0.25, 0.3) is 0 Å². The summed E-state index contributed by atoms with van der Waals surface area (Å²) >= 11 is 0. The van der Waals surface area contributed by atoms with Crippen molar-refractivity contribution in [2.24, 2.45) is 5.92 Å². The number of ether oxygens (including phenoxy) is 1. The van der Waals surface area contributed by atoms with E-state index in [0.717, 1.165) is 5.56 Å². The second-order valence-corrected chi connectivity index (χ2v) is 7.16. The zero-order valence-electron chi connectivity index (χ0n) is 17.5. The van der Waals surface area contributed by atoms with Gasteiger partial charge >= 0.3 is 18.0 Å². The number of rotatable bonds is 11. The van der Waals surface area contributed by atoms with Crippen LogP contribution in [0, 0.1) is 5.92 Å². The molecule has 0 aliphatic rings. The van der Waals surface area contributed by atoms with Gasteiger partial charge < -0.3 is 30.9 Å². The zero-order chi connectivity index (χ0) is 23.6. The Hall–Kier alpha value is -3.63. The second kappa shape index (κ2) is 12.2.